The van der Waals surface area contributed by atoms with E-state index >= 15 is 0 Å². The van der Waals surface area contributed by atoms with Crippen LogP contribution in [-0.2, 0) is 24.3 Å². The second-order valence-electron chi connectivity index (χ2n) is 7.83. The van der Waals surface area contributed by atoms with Gasteiger partial charge >= 0.3 is 5.97 Å². The van der Waals surface area contributed by atoms with Crippen LogP contribution in [0.15, 0.2) is 36.5 Å². The van der Waals surface area contributed by atoms with Gasteiger partial charge in [0.05, 0.1) is 11.6 Å². The summed E-state index contributed by atoms with van der Waals surface area (Å²) in [5.41, 5.74) is 5.57. The molecule has 0 radical (unpaired) electrons. The van der Waals surface area contributed by atoms with E-state index in [1.165, 1.54) is 11.1 Å². The first-order valence-corrected chi connectivity index (χ1v) is 9.77. The van der Waals surface area contributed by atoms with Gasteiger partial charge in [0.25, 0.3) is 0 Å². The lowest BCUT2D eigenvalue weighted by atomic mass is 9.79. The molecule has 2 aromatic heterocycles. The predicted molar refractivity (Wildman–Crippen MR) is 107 cm³/mol. The molecule has 29 heavy (non-hydrogen) atoms. The molecule has 0 bridgehead atoms. The third kappa shape index (κ3) is 4.02. The van der Waals surface area contributed by atoms with Crippen molar-refractivity contribution in [2.45, 2.75) is 39.3 Å². The molecule has 0 fully saturated rings. The van der Waals surface area contributed by atoms with Gasteiger partial charge in [0, 0.05) is 30.8 Å². The third-order valence-electron chi connectivity index (χ3n) is 5.54. The largest absolute Gasteiger partial charge is 0.481 e. The first-order chi connectivity index (χ1) is 14.0. The Hall–Kier alpha value is -3.13. The number of pyridine rings is 1. The zero-order valence-corrected chi connectivity index (χ0v) is 16.5. The molecule has 1 aromatic carbocycles. The molecular formula is C21H24N6O2. The van der Waals surface area contributed by atoms with Crippen LogP contribution < -0.4 is 5.32 Å². The fraction of sp³-hybridized carbons (Fsp3) is 0.381. The maximum atomic E-state index is 11.9. The third-order valence-corrected chi connectivity index (χ3v) is 5.54. The summed E-state index contributed by atoms with van der Waals surface area (Å²) in [6, 6.07) is 10.4. The maximum Gasteiger partial charge on any atom is 0.307 e. The Morgan fingerprint density at radius 1 is 1.17 bits per heavy atom. The molecule has 0 amide bonds. The van der Waals surface area contributed by atoms with E-state index in [1.54, 1.807) is 0 Å². The second-order valence-corrected chi connectivity index (χ2v) is 7.83. The monoisotopic (exact) mass is 392 g/mol. The van der Waals surface area contributed by atoms with E-state index in [0.717, 1.165) is 29.9 Å². The molecule has 0 spiro atoms. The minimum absolute atomic E-state index is 0.0664. The summed E-state index contributed by atoms with van der Waals surface area (Å²) >= 11 is 0. The van der Waals surface area contributed by atoms with E-state index in [4.69, 9.17) is 0 Å². The van der Waals surface area contributed by atoms with Crippen LogP contribution in [0.25, 0.3) is 11.3 Å². The number of aromatic nitrogens is 5. The molecule has 150 valence electrons. The lowest BCUT2D eigenvalue weighted by Gasteiger charge is -2.24. The number of carboxylic acids is 1. The molecule has 4 rings (SSSR count). The van der Waals surface area contributed by atoms with E-state index in [0.29, 0.717) is 12.2 Å². The number of benzene rings is 1. The van der Waals surface area contributed by atoms with Crippen LogP contribution >= 0.6 is 0 Å². The van der Waals surface area contributed by atoms with Crippen molar-refractivity contribution in [3.8, 4) is 11.3 Å². The molecule has 0 aliphatic carbocycles. The lowest BCUT2D eigenvalue weighted by molar-refractivity contribution is -0.144. The van der Waals surface area contributed by atoms with Crippen LogP contribution in [0, 0.1) is 11.8 Å². The van der Waals surface area contributed by atoms with E-state index in [2.05, 4.69) is 49.1 Å². The van der Waals surface area contributed by atoms with Crippen LogP contribution in [0.1, 0.15) is 42.3 Å². The summed E-state index contributed by atoms with van der Waals surface area (Å²) in [6.07, 6.45) is 2.29. The van der Waals surface area contributed by atoms with Crippen LogP contribution in [0.4, 0.5) is 0 Å². The topological polar surface area (TPSA) is 117 Å². The number of hydrogen-bond donors (Lipinski definition) is 3. The predicted octanol–water partition coefficient (Wildman–Crippen LogP) is 2.55. The number of tetrazole rings is 1. The Kier molecular flexibility index (Phi) is 5.35. The summed E-state index contributed by atoms with van der Waals surface area (Å²) in [5.74, 6) is -1.50. The SMILES string of the molecule is CC(C)C(C(=O)O)C(Cc1ccc(-c2ccc3c(c2)CNC3)nc1)c1nn[nH]n1. The summed E-state index contributed by atoms with van der Waals surface area (Å²) in [7, 11) is 0. The molecule has 3 aromatic rings. The highest BCUT2D eigenvalue weighted by atomic mass is 16.4. The van der Waals surface area contributed by atoms with Gasteiger partial charge < -0.3 is 10.4 Å². The number of nitrogens with zero attached hydrogens (tertiary/aromatic N) is 4. The highest BCUT2D eigenvalue weighted by molar-refractivity contribution is 5.71. The van der Waals surface area contributed by atoms with Gasteiger partial charge in [-0.3, -0.25) is 9.78 Å². The Morgan fingerprint density at radius 2 is 2.00 bits per heavy atom. The average Bonchev–Trinajstić information content (AvgIpc) is 3.38. The van der Waals surface area contributed by atoms with Crippen molar-refractivity contribution in [1.82, 2.24) is 30.9 Å². The molecular weight excluding hydrogens is 368 g/mol. The molecule has 2 atom stereocenters. The maximum absolute atomic E-state index is 11.9. The van der Waals surface area contributed by atoms with E-state index < -0.39 is 11.9 Å². The number of fused-ring (bicyclic) bond motifs is 1. The van der Waals surface area contributed by atoms with Crippen LogP contribution in [0.5, 0.6) is 0 Å². The number of nitrogens with one attached hydrogen (secondary N) is 2. The minimum Gasteiger partial charge on any atom is -0.481 e. The van der Waals surface area contributed by atoms with Gasteiger partial charge in [-0.2, -0.15) is 5.21 Å². The number of H-pyrrole nitrogens is 1. The minimum atomic E-state index is -0.855. The number of aromatic amines is 1. The number of carboxylic acid groups (broad SMARTS) is 1. The number of aliphatic carboxylic acids is 1. The van der Waals surface area contributed by atoms with Gasteiger partial charge in [0.1, 0.15) is 0 Å². The Balaban J connectivity index is 1.58. The molecule has 3 N–H and O–H groups in total. The fourth-order valence-electron chi connectivity index (χ4n) is 4.05. The first-order valence-electron chi connectivity index (χ1n) is 9.77. The molecule has 2 unspecified atom stereocenters. The number of hydrogen-bond acceptors (Lipinski definition) is 6. The van der Waals surface area contributed by atoms with Crippen molar-refractivity contribution >= 4 is 5.97 Å². The molecule has 3 heterocycles. The van der Waals surface area contributed by atoms with Gasteiger partial charge in [0.15, 0.2) is 5.82 Å². The van der Waals surface area contributed by atoms with Gasteiger partial charge in [-0.05, 0) is 41.2 Å². The Labute approximate surface area is 168 Å². The quantitative estimate of drug-likeness (QED) is 0.566. The Bertz CT molecular complexity index is 985. The lowest BCUT2D eigenvalue weighted by Crippen LogP contribution is -2.29. The zero-order chi connectivity index (χ0) is 20.4. The van der Waals surface area contributed by atoms with E-state index in [1.807, 2.05) is 32.2 Å². The van der Waals surface area contributed by atoms with Crippen molar-refractivity contribution < 1.29 is 9.90 Å². The van der Waals surface area contributed by atoms with Crippen molar-refractivity contribution in [3.63, 3.8) is 0 Å². The van der Waals surface area contributed by atoms with Crippen molar-refractivity contribution in [3.05, 3.63) is 59.0 Å². The number of carbonyl (C=O) groups is 1. The van der Waals surface area contributed by atoms with Crippen LogP contribution in [0.2, 0.25) is 0 Å². The standard InChI is InChI=1S/C21H24N6O2/c1-12(2)19(21(28)29)17(20-24-26-27-25-20)7-13-3-6-18(23-9-13)14-4-5-15-10-22-11-16(15)8-14/h3-6,8-9,12,17,19,22H,7,10-11H2,1-2H3,(H,28,29)(H,24,25,26,27). The van der Waals surface area contributed by atoms with E-state index in [9.17, 15) is 9.90 Å². The summed E-state index contributed by atoms with van der Waals surface area (Å²) in [4.78, 5) is 16.5. The van der Waals surface area contributed by atoms with Gasteiger partial charge in [-0.25, -0.2) is 0 Å². The fourth-order valence-corrected chi connectivity index (χ4v) is 4.05. The summed E-state index contributed by atoms with van der Waals surface area (Å²) < 4.78 is 0. The van der Waals surface area contributed by atoms with Crippen LogP contribution in [0.3, 0.4) is 0 Å². The molecule has 8 nitrogen and oxygen atoms in total. The van der Waals surface area contributed by atoms with Crippen molar-refractivity contribution in [1.29, 1.82) is 0 Å². The molecule has 1 aliphatic heterocycles. The van der Waals surface area contributed by atoms with Gasteiger partial charge in [-0.1, -0.05) is 37.3 Å². The van der Waals surface area contributed by atoms with Gasteiger partial charge in [0.2, 0.25) is 0 Å². The average molecular weight is 392 g/mol. The summed E-state index contributed by atoms with van der Waals surface area (Å²) in [6.45, 7) is 5.60. The van der Waals surface area contributed by atoms with E-state index in [-0.39, 0.29) is 11.8 Å². The molecule has 0 saturated carbocycles. The highest BCUT2D eigenvalue weighted by Crippen LogP contribution is 2.32. The second kappa shape index (κ2) is 8.08. The molecule has 1 aliphatic rings. The van der Waals surface area contributed by atoms with Gasteiger partial charge in [-0.15, -0.1) is 10.2 Å². The molecule has 8 heteroatoms. The van der Waals surface area contributed by atoms with Crippen LogP contribution in [-0.4, -0.2) is 36.7 Å². The van der Waals surface area contributed by atoms with Crippen molar-refractivity contribution in [2.75, 3.05) is 0 Å². The normalized spacial score (nSPS) is 15.3. The Morgan fingerprint density at radius 3 is 2.66 bits per heavy atom. The first kappa shape index (κ1) is 19.2. The smallest absolute Gasteiger partial charge is 0.307 e. The van der Waals surface area contributed by atoms with Crippen molar-refractivity contribution in [2.24, 2.45) is 11.8 Å². The summed E-state index contributed by atoms with van der Waals surface area (Å²) in [5, 5.41) is 27.3. The zero-order valence-electron chi connectivity index (χ0n) is 16.5. The number of rotatable bonds is 7. The molecule has 0 saturated heterocycles. The highest BCUT2D eigenvalue weighted by Gasteiger charge is 2.35.